The van der Waals surface area contributed by atoms with Gasteiger partial charge in [0.2, 0.25) is 0 Å². The van der Waals surface area contributed by atoms with Gasteiger partial charge in [0.15, 0.2) is 5.82 Å². The van der Waals surface area contributed by atoms with Gasteiger partial charge >= 0.3 is 0 Å². The van der Waals surface area contributed by atoms with Gasteiger partial charge < -0.3 is 5.73 Å². The Hall–Kier alpha value is -1.77. The molecule has 3 rings (SSSR count). The summed E-state index contributed by atoms with van der Waals surface area (Å²) in [4.78, 5) is 0. The molecule has 1 heterocycles. The Morgan fingerprint density at radius 3 is 2.50 bits per heavy atom. The Bertz CT molecular complexity index is 536. The van der Waals surface area contributed by atoms with Crippen molar-refractivity contribution in [2.45, 2.75) is 38.0 Å². The Kier molecular flexibility index (Phi) is 2.62. The van der Waals surface area contributed by atoms with Crippen molar-refractivity contribution in [3.05, 3.63) is 36.0 Å². The molecule has 0 atom stereocenters. The van der Waals surface area contributed by atoms with Crippen molar-refractivity contribution in [1.82, 2.24) is 10.2 Å². The van der Waals surface area contributed by atoms with Gasteiger partial charge in [0.05, 0.1) is 5.69 Å². The normalized spacial score (nSPS) is 18.1. The minimum atomic E-state index is 0.204. The van der Waals surface area contributed by atoms with Gasteiger partial charge in [-0.05, 0) is 18.4 Å². The van der Waals surface area contributed by atoms with Crippen molar-refractivity contribution in [2.24, 2.45) is 0 Å². The molecule has 3 N–H and O–H groups in total. The van der Waals surface area contributed by atoms with Gasteiger partial charge in [-0.2, -0.15) is 5.10 Å². The zero-order valence-electron chi connectivity index (χ0n) is 10.7. The molecule has 2 aromatic rings. The van der Waals surface area contributed by atoms with Gasteiger partial charge in [-0.1, -0.05) is 50.1 Å². The lowest BCUT2D eigenvalue weighted by molar-refractivity contribution is 0.476. The molecule has 0 saturated heterocycles. The molecule has 3 heteroatoms. The number of anilines is 1. The quantitative estimate of drug-likeness (QED) is 0.845. The van der Waals surface area contributed by atoms with E-state index in [-0.39, 0.29) is 5.41 Å². The maximum Gasteiger partial charge on any atom is 0.153 e. The van der Waals surface area contributed by atoms with Crippen LogP contribution in [0.2, 0.25) is 0 Å². The highest BCUT2D eigenvalue weighted by Crippen LogP contribution is 2.44. The number of nitrogens with one attached hydrogen (secondary N) is 1. The number of nitrogens with zero attached hydrogens (tertiary/aromatic N) is 1. The van der Waals surface area contributed by atoms with Gasteiger partial charge in [-0.25, -0.2) is 0 Å². The molecule has 1 saturated carbocycles. The third-order valence-electron chi connectivity index (χ3n) is 4.17. The molecule has 3 nitrogen and oxygen atoms in total. The SMILES string of the molecule is CC1(c2[nH]nc(N)c2-c2ccccc2)CCCC1. The predicted octanol–water partition coefficient (Wildman–Crippen LogP) is 3.49. The van der Waals surface area contributed by atoms with Crippen LogP contribution < -0.4 is 5.73 Å². The molecule has 0 spiro atoms. The lowest BCUT2D eigenvalue weighted by atomic mass is 9.81. The standard InChI is InChI=1S/C15H19N3/c1-15(9-5-6-10-15)13-12(14(16)18-17-13)11-7-3-2-4-8-11/h2-4,7-8H,5-6,9-10H2,1H3,(H3,16,17,18). The van der Waals surface area contributed by atoms with Gasteiger partial charge in [0.25, 0.3) is 0 Å². The van der Waals surface area contributed by atoms with Crippen molar-refractivity contribution in [3.8, 4) is 11.1 Å². The summed E-state index contributed by atoms with van der Waals surface area (Å²) in [5.74, 6) is 0.615. The van der Waals surface area contributed by atoms with Crippen LogP contribution >= 0.6 is 0 Å². The fourth-order valence-electron chi connectivity index (χ4n) is 3.10. The first-order valence-corrected chi connectivity index (χ1v) is 6.60. The van der Waals surface area contributed by atoms with E-state index in [4.69, 9.17) is 5.73 Å². The lowest BCUT2D eigenvalue weighted by Gasteiger charge is -2.23. The van der Waals surface area contributed by atoms with Crippen LogP contribution in [0.3, 0.4) is 0 Å². The Labute approximate surface area is 107 Å². The zero-order chi connectivity index (χ0) is 12.6. The molecular formula is C15H19N3. The fourth-order valence-corrected chi connectivity index (χ4v) is 3.10. The first-order chi connectivity index (χ1) is 8.71. The van der Waals surface area contributed by atoms with Gasteiger partial charge in [0.1, 0.15) is 0 Å². The molecule has 1 aromatic carbocycles. The van der Waals surface area contributed by atoms with Crippen LogP contribution in [-0.2, 0) is 5.41 Å². The number of nitrogens with two attached hydrogens (primary N) is 1. The molecule has 1 aliphatic carbocycles. The van der Waals surface area contributed by atoms with Gasteiger partial charge in [-0.15, -0.1) is 0 Å². The van der Waals surface area contributed by atoms with Gasteiger partial charge in [0, 0.05) is 11.0 Å². The Morgan fingerprint density at radius 2 is 1.83 bits per heavy atom. The molecular weight excluding hydrogens is 222 g/mol. The van der Waals surface area contributed by atoms with E-state index in [1.807, 2.05) is 18.2 Å². The summed E-state index contributed by atoms with van der Waals surface area (Å²) in [7, 11) is 0. The third kappa shape index (κ3) is 1.70. The van der Waals surface area contributed by atoms with Crippen LogP contribution in [0.1, 0.15) is 38.3 Å². The average molecular weight is 241 g/mol. The second-order valence-corrected chi connectivity index (χ2v) is 5.49. The van der Waals surface area contributed by atoms with Crippen molar-refractivity contribution < 1.29 is 0 Å². The maximum absolute atomic E-state index is 6.06. The second-order valence-electron chi connectivity index (χ2n) is 5.49. The highest BCUT2D eigenvalue weighted by Gasteiger charge is 2.35. The monoisotopic (exact) mass is 241 g/mol. The number of H-pyrrole nitrogens is 1. The summed E-state index contributed by atoms with van der Waals surface area (Å²) >= 11 is 0. The largest absolute Gasteiger partial charge is 0.382 e. The van der Waals surface area contributed by atoms with Crippen molar-refractivity contribution in [2.75, 3.05) is 5.73 Å². The van der Waals surface area contributed by atoms with Crippen molar-refractivity contribution >= 4 is 5.82 Å². The molecule has 1 aliphatic rings. The smallest absolute Gasteiger partial charge is 0.153 e. The summed E-state index contributed by atoms with van der Waals surface area (Å²) in [6.45, 7) is 2.32. The van der Waals surface area contributed by atoms with E-state index in [2.05, 4.69) is 29.3 Å². The molecule has 94 valence electrons. The number of nitrogen functional groups attached to an aromatic ring is 1. The first kappa shape index (κ1) is 11.3. The Balaban J connectivity index is 2.12. The molecule has 1 fully saturated rings. The van der Waals surface area contributed by atoms with Crippen LogP contribution in [0.5, 0.6) is 0 Å². The van der Waals surface area contributed by atoms with E-state index in [0.29, 0.717) is 5.82 Å². The van der Waals surface area contributed by atoms with Crippen LogP contribution in [-0.4, -0.2) is 10.2 Å². The fraction of sp³-hybridized carbons (Fsp3) is 0.400. The summed E-state index contributed by atoms with van der Waals surface area (Å²) in [5.41, 5.74) is 9.73. The van der Waals surface area contributed by atoms with E-state index in [9.17, 15) is 0 Å². The number of aromatic amines is 1. The molecule has 18 heavy (non-hydrogen) atoms. The van der Waals surface area contributed by atoms with Crippen LogP contribution in [0.15, 0.2) is 30.3 Å². The lowest BCUT2D eigenvalue weighted by Crippen LogP contribution is -2.18. The highest BCUT2D eigenvalue weighted by molar-refractivity contribution is 5.77. The van der Waals surface area contributed by atoms with E-state index >= 15 is 0 Å². The van der Waals surface area contributed by atoms with Crippen LogP contribution in [0, 0.1) is 0 Å². The summed E-state index contributed by atoms with van der Waals surface area (Å²) in [6.07, 6.45) is 5.02. The number of aromatic nitrogens is 2. The van der Waals surface area contributed by atoms with Crippen LogP contribution in [0.4, 0.5) is 5.82 Å². The molecule has 1 aromatic heterocycles. The van der Waals surface area contributed by atoms with Crippen LogP contribution in [0.25, 0.3) is 11.1 Å². The topological polar surface area (TPSA) is 54.7 Å². The predicted molar refractivity (Wildman–Crippen MR) is 74.3 cm³/mol. The first-order valence-electron chi connectivity index (χ1n) is 6.60. The zero-order valence-corrected chi connectivity index (χ0v) is 10.7. The minimum Gasteiger partial charge on any atom is -0.382 e. The number of benzene rings is 1. The number of hydrogen-bond donors (Lipinski definition) is 2. The number of hydrogen-bond acceptors (Lipinski definition) is 2. The highest BCUT2D eigenvalue weighted by atomic mass is 15.2. The molecule has 0 bridgehead atoms. The van der Waals surface area contributed by atoms with E-state index < -0.39 is 0 Å². The summed E-state index contributed by atoms with van der Waals surface area (Å²) in [6, 6.07) is 10.3. The molecule has 0 aliphatic heterocycles. The van der Waals surface area contributed by atoms with Crippen molar-refractivity contribution in [3.63, 3.8) is 0 Å². The summed E-state index contributed by atoms with van der Waals surface area (Å²) in [5, 5.41) is 7.42. The third-order valence-corrected chi connectivity index (χ3v) is 4.17. The number of rotatable bonds is 2. The minimum absolute atomic E-state index is 0.204. The molecule has 0 unspecified atom stereocenters. The maximum atomic E-state index is 6.06. The van der Waals surface area contributed by atoms with E-state index in [1.54, 1.807) is 0 Å². The second kappa shape index (κ2) is 4.16. The van der Waals surface area contributed by atoms with Crippen molar-refractivity contribution in [1.29, 1.82) is 0 Å². The average Bonchev–Trinajstić information content (AvgIpc) is 2.98. The van der Waals surface area contributed by atoms with E-state index in [0.717, 1.165) is 11.1 Å². The Morgan fingerprint density at radius 1 is 1.17 bits per heavy atom. The molecule has 0 radical (unpaired) electrons. The molecule has 0 amide bonds. The summed E-state index contributed by atoms with van der Waals surface area (Å²) < 4.78 is 0. The van der Waals surface area contributed by atoms with E-state index in [1.165, 1.54) is 31.4 Å². The van der Waals surface area contributed by atoms with Gasteiger partial charge in [-0.3, -0.25) is 5.10 Å².